The number of ether oxygens (including phenoxy) is 5. The molecule has 0 spiro atoms. The summed E-state index contributed by atoms with van der Waals surface area (Å²) in [5.41, 5.74) is 3.32. The minimum atomic E-state index is -1.49. The molecule has 0 amide bonds. The Morgan fingerprint density at radius 2 is 1.45 bits per heavy atom. The van der Waals surface area contributed by atoms with Crippen molar-refractivity contribution in [3.8, 4) is 11.3 Å². The third-order valence-electron chi connectivity index (χ3n) is 6.81. The number of carbonyl (C=O) groups is 4. The molecule has 2 heterocycles. The second kappa shape index (κ2) is 13.6. The maximum atomic E-state index is 13.7. The summed E-state index contributed by atoms with van der Waals surface area (Å²) in [6.07, 6.45) is -5.30. The zero-order valence-corrected chi connectivity index (χ0v) is 26.1. The first kappa shape index (κ1) is 32.7. The number of hydrogen-bond donors (Lipinski definition) is 0. The Labute approximate surface area is 260 Å². The van der Waals surface area contributed by atoms with E-state index in [1.165, 1.54) is 11.6 Å². The molecule has 1 aromatic heterocycles. The van der Waals surface area contributed by atoms with E-state index in [-0.39, 0.29) is 24.3 Å². The standard InChI is InChI=1S/C32H35ClN2O9/c1-18(36)41-27-17-40-31(29(43-20(3)38)28(27)42-19(2)37)44-30(39)26-15-25(22-9-13-24(33)14-10-22)34-35(26)16-21-7-11-23(12-8-21)32(4,5)6/h7-15,27-29,31H,16-17H2,1-6H3/t27-,28+,29-,31+/m1/s1. The molecule has 11 nitrogen and oxygen atoms in total. The lowest BCUT2D eigenvalue weighted by Gasteiger charge is -2.39. The van der Waals surface area contributed by atoms with Crippen LogP contribution < -0.4 is 0 Å². The van der Waals surface area contributed by atoms with Gasteiger partial charge in [0.15, 0.2) is 12.2 Å². The monoisotopic (exact) mass is 626 g/mol. The van der Waals surface area contributed by atoms with Crippen LogP contribution in [0.1, 0.15) is 63.2 Å². The quantitative estimate of drug-likeness (QED) is 0.252. The zero-order chi connectivity index (χ0) is 32.2. The molecule has 0 N–H and O–H groups in total. The predicted molar refractivity (Wildman–Crippen MR) is 159 cm³/mol. The topological polar surface area (TPSA) is 132 Å². The van der Waals surface area contributed by atoms with Gasteiger partial charge in [-0.1, -0.05) is 68.8 Å². The van der Waals surface area contributed by atoms with Crippen molar-refractivity contribution in [3.63, 3.8) is 0 Å². The van der Waals surface area contributed by atoms with Crippen molar-refractivity contribution in [2.24, 2.45) is 0 Å². The SMILES string of the molecule is CC(=O)O[C@@H]1[C@@H](OC(C)=O)[C@H](OC(=O)c2cc(-c3ccc(Cl)cc3)nn2Cc2ccc(C(C)(C)C)cc2)OC[C@H]1OC(C)=O. The number of benzene rings is 2. The minimum Gasteiger partial charge on any atom is -0.456 e. The molecule has 2 aromatic carbocycles. The third-order valence-corrected chi connectivity index (χ3v) is 7.06. The molecule has 4 rings (SSSR count). The van der Waals surface area contributed by atoms with Gasteiger partial charge in [-0.15, -0.1) is 0 Å². The van der Waals surface area contributed by atoms with Gasteiger partial charge in [0.25, 0.3) is 0 Å². The highest BCUT2D eigenvalue weighted by Gasteiger charge is 2.49. The van der Waals surface area contributed by atoms with E-state index in [4.69, 9.17) is 35.3 Å². The largest absolute Gasteiger partial charge is 0.456 e. The van der Waals surface area contributed by atoms with Crippen molar-refractivity contribution in [1.29, 1.82) is 0 Å². The molecule has 0 radical (unpaired) electrons. The second-order valence-electron chi connectivity index (χ2n) is 11.4. The third kappa shape index (κ3) is 8.23. The Balaban J connectivity index is 1.66. The summed E-state index contributed by atoms with van der Waals surface area (Å²) in [4.78, 5) is 49.3. The van der Waals surface area contributed by atoms with Crippen LogP contribution in [0, 0.1) is 0 Å². The Kier molecular flexibility index (Phi) is 10.1. The smallest absolute Gasteiger partial charge is 0.359 e. The normalized spacial score (nSPS) is 20.0. The fraction of sp³-hybridized carbons (Fsp3) is 0.406. The van der Waals surface area contributed by atoms with E-state index in [1.807, 2.05) is 24.3 Å². The average Bonchev–Trinajstić information content (AvgIpc) is 3.35. The van der Waals surface area contributed by atoms with Crippen LogP contribution in [-0.2, 0) is 50.0 Å². The molecule has 0 bridgehead atoms. The highest BCUT2D eigenvalue weighted by Crippen LogP contribution is 2.28. The highest BCUT2D eigenvalue weighted by molar-refractivity contribution is 6.30. The lowest BCUT2D eigenvalue weighted by atomic mass is 9.87. The number of aromatic nitrogens is 2. The first-order valence-electron chi connectivity index (χ1n) is 14.0. The molecule has 4 atom stereocenters. The van der Waals surface area contributed by atoms with Gasteiger partial charge in [0, 0.05) is 31.4 Å². The summed E-state index contributed by atoms with van der Waals surface area (Å²) in [5.74, 6) is -2.98. The lowest BCUT2D eigenvalue weighted by molar-refractivity contribution is -0.266. The fourth-order valence-corrected chi connectivity index (χ4v) is 4.85. The summed E-state index contributed by atoms with van der Waals surface area (Å²) >= 11 is 6.07. The van der Waals surface area contributed by atoms with E-state index >= 15 is 0 Å². The maximum absolute atomic E-state index is 13.7. The molecular weight excluding hydrogens is 592 g/mol. The van der Waals surface area contributed by atoms with Gasteiger partial charge in [0.2, 0.25) is 12.4 Å². The van der Waals surface area contributed by atoms with Gasteiger partial charge in [-0.05, 0) is 34.7 Å². The molecule has 234 valence electrons. The lowest BCUT2D eigenvalue weighted by Crippen LogP contribution is -2.58. The van der Waals surface area contributed by atoms with E-state index < -0.39 is 48.5 Å². The number of halogens is 1. The van der Waals surface area contributed by atoms with Gasteiger partial charge >= 0.3 is 23.9 Å². The van der Waals surface area contributed by atoms with Gasteiger partial charge in [-0.25, -0.2) is 4.79 Å². The van der Waals surface area contributed by atoms with Crippen LogP contribution in [-0.4, -0.2) is 64.9 Å². The zero-order valence-electron chi connectivity index (χ0n) is 25.4. The van der Waals surface area contributed by atoms with Gasteiger partial charge in [0.1, 0.15) is 5.69 Å². The van der Waals surface area contributed by atoms with Crippen LogP contribution in [0.5, 0.6) is 0 Å². The van der Waals surface area contributed by atoms with E-state index in [2.05, 4.69) is 25.9 Å². The molecule has 1 aliphatic rings. The van der Waals surface area contributed by atoms with Crippen LogP contribution in [0.2, 0.25) is 5.02 Å². The average molecular weight is 627 g/mol. The first-order valence-corrected chi connectivity index (χ1v) is 14.4. The summed E-state index contributed by atoms with van der Waals surface area (Å²) < 4.78 is 28.9. The molecule has 1 aliphatic heterocycles. The molecule has 3 aromatic rings. The van der Waals surface area contributed by atoms with Crippen LogP contribution in [0.15, 0.2) is 54.6 Å². The van der Waals surface area contributed by atoms with Crippen molar-refractivity contribution in [1.82, 2.24) is 9.78 Å². The number of hydrogen-bond acceptors (Lipinski definition) is 10. The van der Waals surface area contributed by atoms with E-state index in [0.717, 1.165) is 30.5 Å². The number of rotatable bonds is 8. The van der Waals surface area contributed by atoms with Crippen LogP contribution in [0.25, 0.3) is 11.3 Å². The van der Waals surface area contributed by atoms with E-state index in [1.54, 1.807) is 30.3 Å². The Bertz CT molecular complexity index is 1510. The molecule has 0 saturated carbocycles. The molecule has 1 fully saturated rings. The molecular formula is C32H35ClN2O9. The first-order chi connectivity index (χ1) is 20.7. The summed E-state index contributed by atoms with van der Waals surface area (Å²) in [6, 6.07) is 16.6. The summed E-state index contributed by atoms with van der Waals surface area (Å²) in [7, 11) is 0. The fourth-order valence-electron chi connectivity index (χ4n) is 4.72. The van der Waals surface area contributed by atoms with Crippen molar-refractivity contribution >= 4 is 35.5 Å². The van der Waals surface area contributed by atoms with Crippen molar-refractivity contribution < 1.29 is 42.9 Å². The maximum Gasteiger partial charge on any atom is 0.359 e. The Hall–Kier alpha value is -4.22. The van der Waals surface area contributed by atoms with Crippen molar-refractivity contribution in [2.45, 2.75) is 78.1 Å². The van der Waals surface area contributed by atoms with Gasteiger partial charge in [-0.2, -0.15) is 5.10 Å². The predicted octanol–water partition coefficient (Wildman–Crippen LogP) is 4.86. The Morgan fingerprint density at radius 3 is 2.02 bits per heavy atom. The molecule has 0 aliphatic carbocycles. The molecule has 0 unspecified atom stereocenters. The van der Waals surface area contributed by atoms with Gasteiger partial charge in [0.05, 0.1) is 18.8 Å². The molecule has 1 saturated heterocycles. The van der Waals surface area contributed by atoms with Crippen LogP contribution >= 0.6 is 11.6 Å². The summed E-state index contributed by atoms with van der Waals surface area (Å²) in [5, 5.41) is 5.23. The number of carbonyl (C=O) groups excluding carboxylic acids is 4. The summed E-state index contributed by atoms with van der Waals surface area (Å²) in [6.45, 7) is 9.79. The van der Waals surface area contributed by atoms with Gasteiger partial charge in [-0.3, -0.25) is 19.1 Å². The molecule has 12 heteroatoms. The van der Waals surface area contributed by atoms with E-state index in [0.29, 0.717) is 10.7 Å². The molecule has 44 heavy (non-hydrogen) atoms. The van der Waals surface area contributed by atoms with Gasteiger partial charge < -0.3 is 23.7 Å². The van der Waals surface area contributed by atoms with Crippen molar-refractivity contribution in [3.05, 3.63) is 76.4 Å². The number of esters is 4. The second-order valence-corrected chi connectivity index (χ2v) is 11.9. The number of nitrogens with zero attached hydrogens (tertiary/aromatic N) is 2. The van der Waals surface area contributed by atoms with E-state index in [9.17, 15) is 19.2 Å². The Morgan fingerprint density at radius 1 is 0.864 bits per heavy atom. The highest BCUT2D eigenvalue weighted by atomic mass is 35.5. The van der Waals surface area contributed by atoms with Crippen molar-refractivity contribution in [2.75, 3.05) is 6.61 Å². The van der Waals surface area contributed by atoms with Crippen LogP contribution in [0.4, 0.5) is 0 Å². The minimum absolute atomic E-state index is 0.0299. The van der Waals surface area contributed by atoms with Crippen LogP contribution in [0.3, 0.4) is 0 Å².